The van der Waals surface area contributed by atoms with E-state index >= 15 is 0 Å². The van der Waals surface area contributed by atoms with E-state index < -0.39 is 0 Å². The van der Waals surface area contributed by atoms with E-state index in [1.54, 1.807) is 19.2 Å². The maximum Gasteiger partial charge on any atom is 0.276 e. The van der Waals surface area contributed by atoms with Crippen LogP contribution in [0.2, 0.25) is 0 Å². The Hall–Kier alpha value is -2.02. The molecule has 3 N–H and O–H groups in total. The van der Waals surface area contributed by atoms with Gasteiger partial charge in [-0.1, -0.05) is 38.8 Å². The Morgan fingerprint density at radius 3 is 2.64 bits per heavy atom. The Balaban J connectivity index is 1.71. The van der Waals surface area contributed by atoms with E-state index in [0.717, 1.165) is 6.42 Å². The number of para-hydroxylation sites is 2. The molecule has 6 nitrogen and oxygen atoms in total. The standard InChI is InChI=1S/C18H27N3O3S/c1-12-7-6-8-14(13(12)2)19-18(25)21-20-17(22)11-24-16-10-5-4-9-15(16)23-3/h4-5,9-10,12-14H,6-8,11H2,1-3H3,(H,20,22)(H2,19,21,25)/t12-,13+,14+/m0/s1. The van der Waals surface area contributed by atoms with Crippen molar-refractivity contribution in [3.63, 3.8) is 0 Å². The zero-order chi connectivity index (χ0) is 18.2. The summed E-state index contributed by atoms with van der Waals surface area (Å²) in [7, 11) is 1.56. The summed E-state index contributed by atoms with van der Waals surface area (Å²) in [5.74, 6) is 2.02. The molecule has 7 heteroatoms. The Labute approximate surface area is 154 Å². The van der Waals surface area contributed by atoms with E-state index in [2.05, 4.69) is 30.0 Å². The van der Waals surface area contributed by atoms with Gasteiger partial charge in [0.25, 0.3) is 5.91 Å². The van der Waals surface area contributed by atoms with Crippen molar-refractivity contribution in [1.29, 1.82) is 0 Å². The van der Waals surface area contributed by atoms with Crippen LogP contribution in [0.4, 0.5) is 0 Å². The van der Waals surface area contributed by atoms with E-state index in [0.29, 0.717) is 34.5 Å². The third-order valence-corrected chi connectivity index (χ3v) is 4.99. The van der Waals surface area contributed by atoms with Crippen LogP contribution in [0.25, 0.3) is 0 Å². The van der Waals surface area contributed by atoms with Crippen molar-refractivity contribution in [1.82, 2.24) is 16.2 Å². The van der Waals surface area contributed by atoms with Gasteiger partial charge in [0.1, 0.15) is 0 Å². The first-order valence-electron chi connectivity index (χ1n) is 8.62. The van der Waals surface area contributed by atoms with E-state index in [1.165, 1.54) is 12.8 Å². The molecule has 1 amide bonds. The Morgan fingerprint density at radius 1 is 1.20 bits per heavy atom. The van der Waals surface area contributed by atoms with Crippen LogP contribution in [0, 0.1) is 11.8 Å². The summed E-state index contributed by atoms with van der Waals surface area (Å²) < 4.78 is 10.6. The number of benzene rings is 1. The third-order valence-electron chi connectivity index (χ3n) is 4.77. The fourth-order valence-electron chi connectivity index (χ4n) is 3.03. The SMILES string of the molecule is COc1ccccc1OCC(=O)NNC(=S)N[C@@H]1CCC[C@H](C)[C@H]1C. The largest absolute Gasteiger partial charge is 0.493 e. The van der Waals surface area contributed by atoms with Gasteiger partial charge >= 0.3 is 0 Å². The van der Waals surface area contributed by atoms with Crippen molar-refractivity contribution in [3.8, 4) is 11.5 Å². The summed E-state index contributed by atoms with van der Waals surface area (Å²) in [5.41, 5.74) is 5.29. The van der Waals surface area contributed by atoms with Crippen molar-refractivity contribution in [2.45, 2.75) is 39.2 Å². The molecule has 2 rings (SSSR count). The molecule has 25 heavy (non-hydrogen) atoms. The molecule has 1 aliphatic rings. The molecule has 1 fully saturated rings. The van der Waals surface area contributed by atoms with Crippen LogP contribution < -0.4 is 25.6 Å². The van der Waals surface area contributed by atoms with Gasteiger partial charge < -0.3 is 14.8 Å². The van der Waals surface area contributed by atoms with Gasteiger partial charge in [0.15, 0.2) is 23.2 Å². The second-order valence-electron chi connectivity index (χ2n) is 6.46. The molecule has 0 radical (unpaired) electrons. The second kappa shape index (κ2) is 9.46. The molecule has 138 valence electrons. The number of hydrogen-bond acceptors (Lipinski definition) is 4. The van der Waals surface area contributed by atoms with Crippen LogP contribution in [-0.2, 0) is 4.79 Å². The number of hydrazine groups is 1. The molecule has 3 atom stereocenters. The summed E-state index contributed by atoms with van der Waals surface area (Å²) in [6.45, 7) is 4.38. The molecule has 0 aliphatic heterocycles. The number of hydrogen-bond donors (Lipinski definition) is 3. The minimum absolute atomic E-state index is 0.132. The number of rotatable bonds is 5. The minimum atomic E-state index is -0.319. The average molecular weight is 365 g/mol. The van der Waals surface area contributed by atoms with Crippen LogP contribution in [0.15, 0.2) is 24.3 Å². The molecule has 1 saturated carbocycles. The summed E-state index contributed by atoms with van der Waals surface area (Å²) in [4.78, 5) is 11.9. The number of nitrogens with one attached hydrogen (secondary N) is 3. The molecule has 0 bridgehead atoms. The second-order valence-corrected chi connectivity index (χ2v) is 6.87. The number of methoxy groups -OCH3 is 1. The Morgan fingerprint density at radius 2 is 1.92 bits per heavy atom. The number of carbonyl (C=O) groups is 1. The summed E-state index contributed by atoms with van der Waals surface area (Å²) >= 11 is 5.26. The van der Waals surface area contributed by atoms with E-state index in [1.807, 2.05) is 12.1 Å². The lowest BCUT2D eigenvalue weighted by molar-refractivity contribution is -0.123. The Bertz CT molecular complexity index is 597. The van der Waals surface area contributed by atoms with Gasteiger partial charge in [-0.3, -0.25) is 15.6 Å². The molecule has 1 aromatic carbocycles. The molecule has 1 aromatic rings. The van der Waals surface area contributed by atoms with Gasteiger partial charge in [-0.2, -0.15) is 0 Å². The van der Waals surface area contributed by atoms with Crippen molar-refractivity contribution in [3.05, 3.63) is 24.3 Å². The van der Waals surface area contributed by atoms with Crippen molar-refractivity contribution < 1.29 is 14.3 Å². The lowest BCUT2D eigenvalue weighted by Gasteiger charge is -2.35. The highest BCUT2D eigenvalue weighted by Crippen LogP contribution is 2.29. The van der Waals surface area contributed by atoms with Gasteiger partial charge in [-0.15, -0.1) is 0 Å². The zero-order valence-corrected chi connectivity index (χ0v) is 15.8. The maximum atomic E-state index is 11.9. The monoisotopic (exact) mass is 365 g/mol. The quantitative estimate of drug-likeness (QED) is 0.550. The lowest BCUT2D eigenvalue weighted by atomic mass is 9.78. The molecule has 0 aromatic heterocycles. The number of carbonyl (C=O) groups excluding carboxylic acids is 1. The van der Waals surface area contributed by atoms with Gasteiger partial charge in [0, 0.05) is 6.04 Å². The normalized spacial score (nSPS) is 22.6. The van der Waals surface area contributed by atoms with Crippen molar-refractivity contribution in [2.75, 3.05) is 13.7 Å². The minimum Gasteiger partial charge on any atom is -0.493 e. The van der Waals surface area contributed by atoms with Gasteiger partial charge in [-0.05, 0) is 42.6 Å². The van der Waals surface area contributed by atoms with Crippen LogP contribution in [0.3, 0.4) is 0 Å². The fourth-order valence-corrected chi connectivity index (χ4v) is 3.24. The van der Waals surface area contributed by atoms with Crippen LogP contribution in [0.1, 0.15) is 33.1 Å². The van der Waals surface area contributed by atoms with Gasteiger partial charge in [0.2, 0.25) is 0 Å². The Kier molecular flexibility index (Phi) is 7.31. The molecule has 0 heterocycles. The maximum absolute atomic E-state index is 11.9. The number of amides is 1. The third kappa shape index (κ3) is 5.77. The van der Waals surface area contributed by atoms with Crippen molar-refractivity contribution >= 4 is 23.2 Å². The van der Waals surface area contributed by atoms with E-state index in [9.17, 15) is 4.79 Å². The molecular formula is C18H27N3O3S. The zero-order valence-electron chi connectivity index (χ0n) is 15.0. The first-order valence-corrected chi connectivity index (χ1v) is 9.03. The first kappa shape index (κ1) is 19.3. The van der Waals surface area contributed by atoms with Gasteiger partial charge in [0.05, 0.1) is 7.11 Å². The number of ether oxygens (including phenoxy) is 2. The molecule has 0 spiro atoms. The smallest absolute Gasteiger partial charge is 0.276 e. The highest BCUT2D eigenvalue weighted by molar-refractivity contribution is 7.80. The molecule has 0 saturated heterocycles. The fraction of sp³-hybridized carbons (Fsp3) is 0.556. The van der Waals surface area contributed by atoms with Gasteiger partial charge in [-0.25, -0.2) is 0 Å². The van der Waals surface area contributed by atoms with Crippen LogP contribution >= 0.6 is 12.2 Å². The highest BCUT2D eigenvalue weighted by Gasteiger charge is 2.27. The average Bonchev–Trinajstić information content (AvgIpc) is 2.62. The topological polar surface area (TPSA) is 71.6 Å². The highest BCUT2D eigenvalue weighted by atomic mass is 32.1. The molecule has 0 unspecified atom stereocenters. The summed E-state index contributed by atoms with van der Waals surface area (Å²) in [5, 5.41) is 3.72. The van der Waals surface area contributed by atoms with E-state index in [4.69, 9.17) is 21.7 Å². The predicted molar refractivity (Wildman–Crippen MR) is 101 cm³/mol. The predicted octanol–water partition coefficient (Wildman–Crippen LogP) is 2.39. The summed E-state index contributed by atoms with van der Waals surface area (Å²) in [6, 6.07) is 7.52. The van der Waals surface area contributed by atoms with Crippen LogP contribution in [-0.4, -0.2) is 30.8 Å². The van der Waals surface area contributed by atoms with E-state index in [-0.39, 0.29) is 12.5 Å². The van der Waals surface area contributed by atoms with Crippen molar-refractivity contribution in [2.24, 2.45) is 11.8 Å². The number of thiocarbonyl (C=S) groups is 1. The first-order chi connectivity index (χ1) is 12.0. The van der Waals surface area contributed by atoms with Crippen LogP contribution in [0.5, 0.6) is 11.5 Å². The lowest BCUT2D eigenvalue weighted by Crippen LogP contribution is -2.53. The molecular weight excluding hydrogens is 338 g/mol. The molecule has 1 aliphatic carbocycles. The summed E-state index contributed by atoms with van der Waals surface area (Å²) in [6.07, 6.45) is 3.56.